The van der Waals surface area contributed by atoms with Crippen molar-refractivity contribution in [3.63, 3.8) is 0 Å². The maximum absolute atomic E-state index is 12.1. The summed E-state index contributed by atoms with van der Waals surface area (Å²) >= 11 is 5.91. The Balaban J connectivity index is 1.61. The highest BCUT2D eigenvalue weighted by atomic mass is 35.5. The van der Waals surface area contributed by atoms with Gasteiger partial charge in [-0.1, -0.05) is 11.6 Å². The van der Waals surface area contributed by atoms with Gasteiger partial charge in [-0.3, -0.25) is 4.79 Å². The predicted octanol–water partition coefficient (Wildman–Crippen LogP) is 2.28. The second-order valence-electron chi connectivity index (χ2n) is 6.30. The van der Waals surface area contributed by atoms with Crippen molar-refractivity contribution < 1.29 is 14.1 Å². The minimum atomic E-state index is -0.0975. The van der Waals surface area contributed by atoms with E-state index in [4.69, 9.17) is 16.0 Å². The zero-order chi connectivity index (χ0) is 16.4. The number of furan rings is 1. The van der Waals surface area contributed by atoms with E-state index in [0.29, 0.717) is 17.6 Å². The lowest BCUT2D eigenvalue weighted by atomic mass is 10.2. The van der Waals surface area contributed by atoms with Crippen LogP contribution in [0, 0.1) is 0 Å². The van der Waals surface area contributed by atoms with Gasteiger partial charge in [-0.05, 0) is 56.2 Å². The number of nitrogens with one attached hydrogen (secondary N) is 2. The fraction of sp³-hybridized carbons (Fsp3) is 0.389. The fourth-order valence-electron chi connectivity index (χ4n) is 2.45. The topological polar surface area (TPSA) is 46.7 Å². The molecule has 1 aliphatic carbocycles. The third kappa shape index (κ3) is 4.15. The van der Waals surface area contributed by atoms with Crippen LogP contribution in [-0.2, 0) is 11.3 Å². The van der Waals surface area contributed by atoms with Crippen molar-refractivity contribution in [2.45, 2.75) is 38.4 Å². The first-order valence-corrected chi connectivity index (χ1v) is 8.38. The molecule has 3 rings (SSSR count). The van der Waals surface area contributed by atoms with Crippen LogP contribution in [0.5, 0.6) is 0 Å². The van der Waals surface area contributed by atoms with E-state index in [1.165, 1.54) is 0 Å². The molecule has 1 aliphatic rings. The van der Waals surface area contributed by atoms with Crippen LogP contribution >= 0.6 is 11.6 Å². The van der Waals surface area contributed by atoms with Gasteiger partial charge in [-0.2, -0.15) is 0 Å². The summed E-state index contributed by atoms with van der Waals surface area (Å²) in [5.41, 5.74) is 0.998. The Kier molecular flexibility index (Phi) is 4.74. The number of benzene rings is 1. The Morgan fingerprint density at radius 3 is 2.65 bits per heavy atom. The molecule has 1 amide bonds. The first kappa shape index (κ1) is 16.1. The number of hydrogen-bond acceptors (Lipinski definition) is 2. The van der Waals surface area contributed by atoms with E-state index in [0.717, 1.165) is 34.8 Å². The lowest BCUT2D eigenvalue weighted by molar-refractivity contribution is -0.909. The number of halogens is 1. The number of amides is 1. The van der Waals surface area contributed by atoms with Gasteiger partial charge < -0.3 is 14.6 Å². The van der Waals surface area contributed by atoms with E-state index in [1.807, 2.05) is 50.4 Å². The molecule has 1 heterocycles. The molecule has 5 heteroatoms. The molecule has 2 N–H and O–H groups in total. The number of quaternary nitrogens is 1. The molecule has 2 aromatic rings. The van der Waals surface area contributed by atoms with E-state index in [-0.39, 0.29) is 11.9 Å². The molecule has 23 heavy (non-hydrogen) atoms. The zero-order valence-corrected chi connectivity index (χ0v) is 14.2. The second kappa shape index (κ2) is 6.77. The van der Waals surface area contributed by atoms with Gasteiger partial charge in [0.2, 0.25) is 0 Å². The van der Waals surface area contributed by atoms with Gasteiger partial charge >= 0.3 is 0 Å². The summed E-state index contributed by atoms with van der Waals surface area (Å²) in [7, 11) is 2.02. The minimum Gasteiger partial charge on any atom is -0.455 e. The maximum Gasteiger partial charge on any atom is 0.278 e. The van der Waals surface area contributed by atoms with Crippen molar-refractivity contribution in [2.75, 3.05) is 7.05 Å². The van der Waals surface area contributed by atoms with Crippen LogP contribution in [0.25, 0.3) is 11.3 Å². The Morgan fingerprint density at radius 1 is 1.30 bits per heavy atom. The van der Waals surface area contributed by atoms with E-state index < -0.39 is 0 Å². The highest BCUT2D eigenvalue weighted by molar-refractivity contribution is 6.30. The SMILES string of the molecule is C[C@@H](C(=O)NC1CC1)[NH+](C)Cc1ccc(-c2ccc(Cl)cc2)o1. The predicted molar refractivity (Wildman–Crippen MR) is 90.4 cm³/mol. The lowest BCUT2D eigenvalue weighted by Crippen LogP contribution is -3.12. The van der Waals surface area contributed by atoms with Gasteiger partial charge in [0.15, 0.2) is 11.8 Å². The molecule has 0 aliphatic heterocycles. The highest BCUT2D eigenvalue weighted by Crippen LogP contribution is 2.23. The fourth-order valence-corrected chi connectivity index (χ4v) is 2.57. The second-order valence-corrected chi connectivity index (χ2v) is 6.74. The van der Waals surface area contributed by atoms with Crippen molar-refractivity contribution in [1.29, 1.82) is 0 Å². The highest BCUT2D eigenvalue weighted by Gasteiger charge is 2.29. The molecule has 1 fully saturated rings. The number of rotatable bonds is 6. The summed E-state index contributed by atoms with van der Waals surface area (Å²) in [6, 6.07) is 11.8. The normalized spacial score (nSPS) is 16.8. The molecule has 1 unspecified atom stereocenters. The number of hydrogen-bond donors (Lipinski definition) is 2. The van der Waals surface area contributed by atoms with Gasteiger partial charge in [0.05, 0.1) is 7.05 Å². The summed E-state index contributed by atoms with van der Waals surface area (Å²) < 4.78 is 5.91. The van der Waals surface area contributed by atoms with Gasteiger partial charge in [0.25, 0.3) is 5.91 Å². The standard InChI is InChI=1S/C18H21ClN2O2/c1-12(18(22)20-15-7-8-15)21(2)11-16-9-10-17(23-16)13-3-5-14(19)6-4-13/h3-6,9-10,12,15H,7-8,11H2,1-2H3,(H,20,22)/p+1/t12-/m0/s1. The summed E-state index contributed by atoms with van der Waals surface area (Å²) in [5, 5.41) is 3.76. The molecule has 4 nitrogen and oxygen atoms in total. The Hall–Kier alpha value is -1.78. The van der Waals surface area contributed by atoms with Gasteiger partial charge in [-0.25, -0.2) is 0 Å². The molecule has 0 spiro atoms. The average Bonchev–Trinajstić information content (AvgIpc) is 3.23. The van der Waals surface area contributed by atoms with Gasteiger partial charge in [0.1, 0.15) is 12.3 Å². The van der Waals surface area contributed by atoms with Crippen molar-refractivity contribution in [2.24, 2.45) is 0 Å². The molecule has 122 valence electrons. The first-order chi connectivity index (χ1) is 11.0. The molecule has 2 atom stereocenters. The van der Waals surface area contributed by atoms with Crippen molar-refractivity contribution >= 4 is 17.5 Å². The smallest absolute Gasteiger partial charge is 0.278 e. The van der Waals surface area contributed by atoms with E-state index >= 15 is 0 Å². The van der Waals surface area contributed by atoms with Crippen LogP contribution in [0.2, 0.25) is 5.02 Å². The monoisotopic (exact) mass is 333 g/mol. The van der Waals surface area contributed by atoms with Crippen molar-refractivity contribution in [1.82, 2.24) is 5.32 Å². The third-order valence-electron chi connectivity index (χ3n) is 4.30. The number of likely N-dealkylation sites (N-methyl/N-ethyl adjacent to an activating group) is 1. The Bertz CT molecular complexity index is 677. The summed E-state index contributed by atoms with van der Waals surface area (Å²) in [4.78, 5) is 13.2. The van der Waals surface area contributed by atoms with E-state index in [9.17, 15) is 4.79 Å². The van der Waals surface area contributed by atoms with Gasteiger partial charge in [0, 0.05) is 16.6 Å². The molecule has 0 saturated heterocycles. The van der Waals surface area contributed by atoms with Crippen molar-refractivity contribution in [3.05, 3.63) is 47.2 Å². The average molecular weight is 334 g/mol. The number of carbonyl (C=O) groups is 1. The zero-order valence-electron chi connectivity index (χ0n) is 13.4. The maximum atomic E-state index is 12.1. The molecule has 0 bridgehead atoms. The summed E-state index contributed by atoms with van der Waals surface area (Å²) in [6.07, 6.45) is 2.22. The molecule has 1 aromatic carbocycles. The quantitative estimate of drug-likeness (QED) is 0.852. The molecule has 1 saturated carbocycles. The summed E-state index contributed by atoms with van der Waals surface area (Å²) in [5.74, 6) is 1.81. The lowest BCUT2D eigenvalue weighted by Gasteiger charge is -2.20. The third-order valence-corrected chi connectivity index (χ3v) is 4.55. The largest absolute Gasteiger partial charge is 0.455 e. The van der Waals surface area contributed by atoms with E-state index in [2.05, 4.69) is 5.32 Å². The van der Waals surface area contributed by atoms with Crippen LogP contribution in [0.1, 0.15) is 25.5 Å². The van der Waals surface area contributed by atoms with Crippen LogP contribution in [0.15, 0.2) is 40.8 Å². The van der Waals surface area contributed by atoms with Crippen LogP contribution in [0.3, 0.4) is 0 Å². The van der Waals surface area contributed by atoms with Crippen molar-refractivity contribution in [3.8, 4) is 11.3 Å². The van der Waals surface area contributed by atoms with E-state index in [1.54, 1.807) is 0 Å². The Morgan fingerprint density at radius 2 is 2.00 bits per heavy atom. The van der Waals surface area contributed by atoms with Gasteiger partial charge in [-0.15, -0.1) is 0 Å². The first-order valence-electron chi connectivity index (χ1n) is 8.00. The molecule has 0 radical (unpaired) electrons. The number of carbonyl (C=O) groups excluding carboxylic acids is 1. The summed E-state index contributed by atoms with van der Waals surface area (Å²) in [6.45, 7) is 2.63. The van der Waals surface area contributed by atoms with Crippen LogP contribution in [0.4, 0.5) is 0 Å². The minimum absolute atomic E-state index is 0.0975. The molecular formula is C18H22ClN2O2+. The molecule has 1 aromatic heterocycles. The van der Waals surface area contributed by atoms with Crippen LogP contribution < -0.4 is 10.2 Å². The Labute approximate surface area is 141 Å². The molecular weight excluding hydrogens is 312 g/mol. The van der Waals surface area contributed by atoms with Crippen LogP contribution in [-0.4, -0.2) is 25.0 Å².